The Kier molecular flexibility index (Phi) is 3.44. The van der Waals surface area contributed by atoms with E-state index in [1.807, 2.05) is 6.07 Å². The van der Waals surface area contributed by atoms with Crippen LogP contribution in [0.15, 0.2) is 65.2 Å². The van der Waals surface area contributed by atoms with Gasteiger partial charge in [-0.2, -0.15) is 0 Å². The lowest BCUT2D eigenvalue weighted by atomic mass is 10.1. The number of benzene rings is 2. The second-order valence-corrected chi connectivity index (χ2v) is 6.54. The highest BCUT2D eigenvalue weighted by Crippen LogP contribution is 2.38. The van der Waals surface area contributed by atoms with Crippen molar-refractivity contribution in [2.75, 3.05) is 6.54 Å². The molecule has 0 unspecified atom stereocenters. The number of hydrogen-bond acceptors (Lipinski definition) is 2. The van der Waals surface area contributed by atoms with E-state index in [9.17, 15) is 0 Å². The molecule has 0 atom stereocenters. The lowest BCUT2D eigenvalue weighted by molar-refractivity contribution is -0.431. The zero-order chi connectivity index (χ0) is 17.5. The van der Waals surface area contributed by atoms with Crippen molar-refractivity contribution >= 4 is 45.1 Å². The van der Waals surface area contributed by atoms with Crippen LogP contribution in [0, 0.1) is 0 Å². The Bertz CT molecular complexity index is 1210. The fourth-order valence-electron chi connectivity index (χ4n) is 3.57. The molecule has 3 heterocycles. The Morgan fingerprint density at radius 3 is 2.62 bits per heavy atom. The van der Waals surface area contributed by atoms with E-state index in [2.05, 4.69) is 75.6 Å². The van der Waals surface area contributed by atoms with Gasteiger partial charge in [0.2, 0.25) is 11.3 Å². The topological polar surface area (TPSA) is 32.0 Å². The molecule has 26 heavy (non-hydrogen) atoms. The third-order valence-corrected chi connectivity index (χ3v) is 4.86. The van der Waals surface area contributed by atoms with E-state index < -0.39 is 0 Å². The van der Waals surface area contributed by atoms with Crippen LogP contribution in [-0.2, 0) is 0 Å². The lowest BCUT2D eigenvalue weighted by Gasteiger charge is -1.96. The van der Waals surface area contributed by atoms with E-state index in [0.717, 1.165) is 47.1 Å². The fourth-order valence-corrected chi connectivity index (χ4v) is 3.57. The van der Waals surface area contributed by atoms with Crippen molar-refractivity contribution in [3.05, 3.63) is 60.8 Å². The van der Waals surface area contributed by atoms with Crippen molar-refractivity contribution in [3.63, 3.8) is 0 Å². The molecular formula is C22H19N3O+2. The minimum Gasteiger partial charge on any atom is -0.431 e. The number of fused-ring (bicyclic) bond motifs is 4. The molecule has 1 aliphatic rings. The monoisotopic (exact) mass is 341 g/mol. The van der Waals surface area contributed by atoms with Crippen LogP contribution in [-0.4, -0.2) is 22.1 Å². The normalized spacial score (nSPS) is 13.1. The fraction of sp³-hybridized carbons (Fsp3) is 0.182. The second kappa shape index (κ2) is 5.94. The molecule has 1 aliphatic heterocycles. The summed E-state index contributed by atoms with van der Waals surface area (Å²) >= 11 is 0. The van der Waals surface area contributed by atoms with Gasteiger partial charge in [-0.25, -0.2) is 4.98 Å². The maximum atomic E-state index is 6.12. The molecule has 5 rings (SSSR count). The first-order valence-electron chi connectivity index (χ1n) is 9.06. The van der Waals surface area contributed by atoms with Gasteiger partial charge < -0.3 is 4.42 Å². The van der Waals surface area contributed by atoms with Gasteiger partial charge in [0.15, 0.2) is 6.54 Å². The average molecular weight is 341 g/mol. The van der Waals surface area contributed by atoms with Gasteiger partial charge in [0, 0.05) is 41.6 Å². The summed E-state index contributed by atoms with van der Waals surface area (Å²) in [5.41, 5.74) is 4.83. The largest absolute Gasteiger partial charge is 0.496 e. The molecule has 4 nitrogen and oxygen atoms in total. The zero-order valence-corrected chi connectivity index (χ0v) is 14.6. The smallest absolute Gasteiger partial charge is 0.431 e. The number of pyridine rings is 1. The van der Waals surface area contributed by atoms with Gasteiger partial charge in [-0.05, 0) is 22.8 Å². The van der Waals surface area contributed by atoms with Gasteiger partial charge in [-0.15, -0.1) is 0 Å². The van der Waals surface area contributed by atoms with E-state index in [1.54, 1.807) is 6.20 Å². The molecule has 2 aromatic heterocycles. The number of para-hydroxylation sites is 3. The minimum absolute atomic E-state index is 0.672. The van der Waals surface area contributed by atoms with Crippen molar-refractivity contribution < 1.29 is 8.99 Å². The predicted molar refractivity (Wildman–Crippen MR) is 104 cm³/mol. The van der Waals surface area contributed by atoms with Crippen molar-refractivity contribution in [2.45, 2.75) is 19.8 Å². The number of rotatable bonds is 4. The number of unbranched alkanes of at least 4 members (excludes halogenated alkanes) is 1. The Hall–Kier alpha value is -3.23. The van der Waals surface area contributed by atoms with Gasteiger partial charge in [0.1, 0.15) is 0 Å². The van der Waals surface area contributed by atoms with Gasteiger partial charge in [-0.1, -0.05) is 36.1 Å². The van der Waals surface area contributed by atoms with E-state index in [1.165, 1.54) is 5.69 Å². The summed E-state index contributed by atoms with van der Waals surface area (Å²) in [6, 6.07) is 22.2. The molecule has 2 aromatic carbocycles. The number of hydrogen-bond donors (Lipinski definition) is 0. The number of nitrogens with zero attached hydrogens (tertiary/aromatic N) is 3. The molecule has 0 aliphatic carbocycles. The molecule has 0 N–H and O–H groups in total. The quantitative estimate of drug-likeness (QED) is 0.462. The first kappa shape index (κ1) is 15.1. The Balaban J connectivity index is 1.78. The summed E-state index contributed by atoms with van der Waals surface area (Å²) in [7, 11) is 0. The molecule has 0 fully saturated rings. The average Bonchev–Trinajstić information content (AvgIpc) is 3.25. The van der Waals surface area contributed by atoms with Crippen LogP contribution in [0.3, 0.4) is 0 Å². The molecule has 4 heteroatoms. The number of aromatic nitrogens is 1. The summed E-state index contributed by atoms with van der Waals surface area (Å²) in [4.78, 5) is 4.37. The minimum atomic E-state index is 0.672. The Morgan fingerprint density at radius 1 is 0.923 bits per heavy atom. The van der Waals surface area contributed by atoms with Crippen molar-refractivity contribution in [1.82, 2.24) is 9.56 Å². The van der Waals surface area contributed by atoms with Crippen LogP contribution < -0.4 is 4.58 Å². The van der Waals surface area contributed by atoms with Crippen molar-refractivity contribution in [2.24, 2.45) is 0 Å². The zero-order valence-electron chi connectivity index (χ0n) is 14.6. The van der Waals surface area contributed by atoms with Crippen LogP contribution in [0.4, 0.5) is 17.1 Å². The number of furan rings is 1. The molecule has 4 aromatic rings. The van der Waals surface area contributed by atoms with Crippen molar-refractivity contribution in [3.8, 4) is 0 Å². The highest BCUT2D eigenvalue weighted by molar-refractivity contribution is 6.07. The van der Waals surface area contributed by atoms with Crippen LogP contribution in [0.1, 0.15) is 19.8 Å². The molecule has 0 spiro atoms. The van der Waals surface area contributed by atoms with Gasteiger partial charge in [-0.3, -0.25) is 0 Å². The highest BCUT2D eigenvalue weighted by Gasteiger charge is 2.36. The third kappa shape index (κ3) is 2.20. The molecule has 0 saturated carbocycles. The molecule has 0 amide bonds. The first-order chi connectivity index (χ1) is 12.9. The first-order valence-corrected chi connectivity index (χ1v) is 9.06. The van der Waals surface area contributed by atoms with E-state index >= 15 is 0 Å². The maximum absolute atomic E-state index is 6.12. The highest BCUT2D eigenvalue weighted by atomic mass is 16.3. The van der Waals surface area contributed by atoms with Crippen LogP contribution in [0.2, 0.25) is 0 Å². The summed E-state index contributed by atoms with van der Waals surface area (Å²) < 4.78 is 10.4. The maximum Gasteiger partial charge on any atom is 0.496 e. The van der Waals surface area contributed by atoms with Crippen LogP contribution in [0.5, 0.6) is 0 Å². The summed E-state index contributed by atoms with van der Waals surface area (Å²) in [5.74, 6) is 0. The molecular weight excluding hydrogens is 322 g/mol. The van der Waals surface area contributed by atoms with Crippen LogP contribution in [0.25, 0.3) is 22.1 Å². The summed E-state index contributed by atoms with van der Waals surface area (Å²) in [5, 5.41) is 2.12. The Morgan fingerprint density at radius 2 is 1.73 bits per heavy atom. The summed E-state index contributed by atoms with van der Waals surface area (Å²) in [6.07, 6.45) is 4.05. The molecule has 0 bridgehead atoms. The van der Waals surface area contributed by atoms with Crippen LogP contribution >= 0.6 is 0 Å². The second-order valence-electron chi connectivity index (χ2n) is 6.54. The molecule has 126 valence electrons. The SMILES string of the molecule is CCCC[N+]1=C=[N+](c2cccc3c2oc2ncccc23)c2ccccc21. The predicted octanol–water partition coefficient (Wildman–Crippen LogP) is 5.45. The standard InChI is InChI=1S/C22H19N3O/c1-2-3-14-24-15-25(19-11-5-4-10-18(19)24)20-12-6-8-16-17-9-7-13-23-22(17)26-21(16)20/h4-13H,2-3,14H2,1H3/q+2. The van der Waals surface area contributed by atoms with E-state index in [-0.39, 0.29) is 0 Å². The van der Waals surface area contributed by atoms with Gasteiger partial charge >= 0.3 is 6.01 Å². The third-order valence-electron chi connectivity index (χ3n) is 4.86. The van der Waals surface area contributed by atoms with E-state index in [4.69, 9.17) is 4.42 Å². The Labute approximate surface area is 151 Å². The van der Waals surface area contributed by atoms with Gasteiger partial charge in [0.05, 0.1) is 0 Å². The van der Waals surface area contributed by atoms with E-state index in [0.29, 0.717) is 5.71 Å². The molecule has 0 radical (unpaired) electrons. The van der Waals surface area contributed by atoms with Crippen molar-refractivity contribution in [1.29, 1.82) is 0 Å². The lowest BCUT2D eigenvalue weighted by Crippen LogP contribution is -2.04. The van der Waals surface area contributed by atoms with Gasteiger partial charge in [0.25, 0.3) is 17.1 Å². The summed E-state index contributed by atoms with van der Waals surface area (Å²) in [6.45, 7) is 3.17. The molecule has 0 saturated heterocycles.